The third-order valence-electron chi connectivity index (χ3n) is 5.05. The molecule has 1 rings (SSSR count). The van der Waals surface area contributed by atoms with Crippen LogP contribution in [0.4, 0.5) is 0 Å². The van der Waals surface area contributed by atoms with Gasteiger partial charge in [-0.25, -0.2) is 9.59 Å². The van der Waals surface area contributed by atoms with Crippen LogP contribution in [0.2, 0.25) is 0 Å². The molecular weight excluding hydrogens is 592 g/mol. The molecule has 0 atom stereocenters. The maximum atomic E-state index is 12.8. The zero-order valence-electron chi connectivity index (χ0n) is 18.7. The van der Waals surface area contributed by atoms with E-state index >= 15 is 0 Å². The molecule has 0 aliphatic carbocycles. The molecule has 4 nitrogen and oxygen atoms in total. The fourth-order valence-corrected chi connectivity index (χ4v) is 4.80. The van der Waals surface area contributed by atoms with Gasteiger partial charge in [0, 0.05) is 13.4 Å². The third-order valence-corrected chi connectivity index (χ3v) is 8.35. The van der Waals surface area contributed by atoms with Crippen LogP contribution in [0.15, 0.2) is 19.5 Å². The molecule has 176 valence electrons. The Balaban J connectivity index is 2.67. The molecule has 7 heteroatoms. The Kier molecular flexibility index (Phi) is 15.8. The summed E-state index contributed by atoms with van der Waals surface area (Å²) in [7, 11) is 0. The van der Waals surface area contributed by atoms with Gasteiger partial charge in [0.15, 0.2) is 0 Å². The van der Waals surface area contributed by atoms with E-state index in [0.717, 1.165) is 38.5 Å². The molecule has 31 heavy (non-hydrogen) atoms. The van der Waals surface area contributed by atoms with Crippen LogP contribution in [0.3, 0.4) is 0 Å². The fourth-order valence-electron chi connectivity index (χ4n) is 3.20. The maximum Gasteiger partial charge on any atom is 0.340 e. The Morgan fingerprint density at radius 2 is 1.13 bits per heavy atom. The lowest BCUT2D eigenvalue weighted by molar-refractivity contribution is 0.0449. The zero-order chi connectivity index (χ0) is 23.1. The van der Waals surface area contributed by atoms with Gasteiger partial charge in [0.05, 0.1) is 24.3 Å². The lowest BCUT2D eigenvalue weighted by Crippen LogP contribution is -2.16. The van der Waals surface area contributed by atoms with E-state index in [-0.39, 0.29) is 11.1 Å². The van der Waals surface area contributed by atoms with Crippen LogP contribution in [-0.2, 0) is 9.47 Å². The molecular formula is C24H35Br3O4. The molecule has 0 fully saturated rings. The van der Waals surface area contributed by atoms with Gasteiger partial charge in [0.25, 0.3) is 0 Å². The lowest BCUT2D eigenvalue weighted by atomic mass is 10.1. The first-order valence-corrected chi connectivity index (χ1v) is 13.8. The quantitative estimate of drug-likeness (QED) is 0.104. The topological polar surface area (TPSA) is 52.6 Å². The summed E-state index contributed by atoms with van der Waals surface area (Å²) in [6.07, 6.45) is 13.3. The number of carbonyl (C=O) groups excluding carboxylic acids is 2. The zero-order valence-corrected chi connectivity index (χ0v) is 23.5. The predicted molar refractivity (Wildman–Crippen MR) is 137 cm³/mol. The van der Waals surface area contributed by atoms with E-state index in [1.807, 2.05) is 0 Å². The molecule has 0 bridgehead atoms. The third kappa shape index (κ3) is 10.8. The van der Waals surface area contributed by atoms with E-state index < -0.39 is 11.9 Å². The first-order chi connectivity index (χ1) is 14.9. The first kappa shape index (κ1) is 28.6. The number of unbranched alkanes of at least 4 members (excludes halogenated alkanes) is 10. The second-order valence-corrected chi connectivity index (χ2v) is 10.2. The Morgan fingerprint density at radius 1 is 0.677 bits per heavy atom. The molecule has 0 unspecified atom stereocenters. The van der Waals surface area contributed by atoms with Crippen molar-refractivity contribution < 1.29 is 19.1 Å². The number of carbonyl (C=O) groups is 2. The second-order valence-electron chi connectivity index (χ2n) is 7.72. The predicted octanol–water partition coefficient (Wildman–Crippen LogP) is 9.01. The molecule has 0 saturated carbocycles. The summed E-state index contributed by atoms with van der Waals surface area (Å²) in [6.45, 7) is 5.07. The van der Waals surface area contributed by atoms with Gasteiger partial charge in [-0.15, -0.1) is 0 Å². The maximum absolute atomic E-state index is 12.8. The van der Waals surface area contributed by atoms with E-state index in [4.69, 9.17) is 9.47 Å². The second kappa shape index (κ2) is 17.1. The van der Waals surface area contributed by atoms with Crippen molar-refractivity contribution in [2.24, 2.45) is 0 Å². The Hall–Kier alpha value is -0.400. The van der Waals surface area contributed by atoms with Crippen LogP contribution < -0.4 is 0 Å². The normalized spacial score (nSPS) is 10.9. The van der Waals surface area contributed by atoms with Gasteiger partial charge in [-0.1, -0.05) is 78.1 Å². The van der Waals surface area contributed by atoms with Crippen LogP contribution >= 0.6 is 47.8 Å². The van der Waals surface area contributed by atoms with Gasteiger partial charge in [-0.05, 0) is 66.7 Å². The summed E-state index contributed by atoms with van der Waals surface area (Å²) >= 11 is 10.3. The number of esters is 2. The molecule has 1 aromatic carbocycles. The summed E-state index contributed by atoms with van der Waals surface area (Å²) in [5, 5.41) is 0. The summed E-state index contributed by atoms with van der Waals surface area (Å²) in [5.41, 5.74) is 0.412. The van der Waals surface area contributed by atoms with Crippen LogP contribution in [0.5, 0.6) is 0 Å². The van der Waals surface area contributed by atoms with Crippen LogP contribution in [-0.4, -0.2) is 25.2 Å². The minimum atomic E-state index is -0.514. The number of hydrogen-bond donors (Lipinski definition) is 0. The van der Waals surface area contributed by atoms with Crippen molar-refractivity contribution in [3.63, 3.8) is 0 Å². The average molecular weight is 627 g/mol. The standard InChI is InChI=1S/C24H35Br3O4/c1-3-5-7-9-11-13-15-30-23(28)18-17-19(25)21(26)22(27)20(18)24(29)31-16-14-12-10-8-6-4-2/h17H,3-16H2,1-2H3. The largest absolute Gasteiger partial charge is 0.462 e. The monoisotopic (exact) mass is 624 g/mol. The van der Waals surface area contributed by atoms with Crippen LogP contribution in [0.25, 0.3) is 0 Å². The SMILES string of the molecule is CCCCCCCCOC(=O)c1cc(Br)c(Br)c(Br)c1C(=O)OCCCCCCCC. The first-order valence-electron chi connectivity index (χ1n) is 11.5. The van der Waals surface area contributed by atoms with Crippen molar-refractivity contribution in [2.75, 3.05) is 13.2 Å². The summed E-state index contributed by atoms with van der Waals surface area (Å²) in [5.74, 6) is -1.02. The van der Waals surface area contributed by atoms with Crippen molar-refractivity contribution in [3.8, 4) is 0 Å². The molecule has 0 aliphatic heterocycles. The number of rotatable bonds is 16. The molecule has 0 aliphatic rings. The van der Waals surface area contributed by atoms with Crippen molar-refractivity contribution in [1.82, 2.24) is 0 Å². The molecule has 0 heterocycles. The van der Waals surface area contributed by atoms with Crippen molar-refractivity contribution in [2.45, 2.75) is 90.9 Å². The highest BCUT2D eigenvalue weighted by Gasteiger charge is 2.26. The lowest BCUT2D eigenvalue weighted by Gasteiger charge is -2.14. The molecule has 0 aromatic heterocycles. The number of benzene rings is 1. The van der Waals surface area contributed by atoms with Gasteiger partial charge >= 0.3 is 11.9 Å². The minimum Gasteiger partial charge on any atom is -0.462 e. The van der Waals surface area contributed by atoms with Gasteiger partial charge < -0.3 is 9.47 Å². The van der Waals surface area contributed by atoms with E-state index in [0.29, 0.717) is 26.6 Å². The summed E-state index contributed by atoms with van der Waals surface area (Å²) < 4.78 is 12.7. The minimum absolute atomic E-state index is 0.203. The smallest absolute Gasteiger partial charge is 0.340 e. The Bertz CT molecular complexity index is 692. The summed E-state index contributed by atoms with van der Waals surface area (Å²) in [6, 6.07) is 1.61. The number of halogens is 3. The average Bonchev–Trinajstić information content (AvgIpc) is 2.75. The van der Waals surface area contributed by atoms with Crippen LogP contribution in [0, 0.1) is 0 Å². The fraction of sp³-hybridized carbons (Fsp3) is 0.667. The van der Waals surface area contributed by atoms with E-state index in [2.05, 4.69) is 61.6 Å². The molecule has 0 amide bonds. The highest BCUT2D eigenvalue weighted by atomic mass is 79.9. The van der Waals surface area contributed by atoms with Gasteiger partial charge in [-0.3, -0.25) is 0 Å². The van der Waals surface area contributed by atoms with Gasteiger partial charge in [-0.2, -0.15) is 0 Å². The Morgan fingerprint density at radius 3 is 1.65 bits per heavy atom. The van der Waals surface area contributed by atoms with Crippen molar-refractivity contribution in [3.05, 3.63) is 30.6 Å². The number of hydrogen-bond acceptors (Lipinski definition) is 4. The van der Waals surface area contributed by atoms with E-state index in [1.54, 1.807) is 6.07 Å². The van der Waals surface area contributed by atoms with Crippen LogP contribution in [0.1, 0.15) is 112 Å². The molecule has 0 radical (unpaired) electrons. The van der Waals surface area contributed by atoms with E-state index in [1.165, 1.54) is 38.5 Å². The molecule has 0 N–H and O–H groups in total. The number of ether oxygens (including phenoxy) is 2. The van der Waals surface area contributed by atoms with E-state index in [9.17, 15) is 9.59 Å². The van der Waals surface area contributed by atoms with Gasteiger partial charge in [0.2, 0.25) is 0 Å². The highest BCUT2D eigenvalue weighted by Crippen LogP contribution is 2.37. The Labute approximate surface area is 212 Å². The van der Waals surface area contributed by atoms with Crippen molar-refractivity contribution in [1.29, 1.82) is 0 Å². The van der Waals surface area contributed by atoms with Crippen molar-refractivity contribution >= 4 is 59.7 Å². The van der Waals surface area contributed by atoms with Gasteiger partial charge in [0.1, 0.15) is 0 Å². The summed E-state index contributed by atoms with van der Waals surface area (Å²) in [4.78, 5) is 25.5. The highest BCUT2D eigenvalue weighted by molar-refractivity contribution is 9.14. The molecule has 0 spiro atoms. The molecule has 1 aromatic rings. The molecule has 0 saturated heterocycles.